The summed E-state index contributed by atoms with van der Waals surface area (Å²) in [6, 6.07) is 17.4. The number of pyridine rings is 1. The van der Waals surface area contributed by atoms with Crippen LogP contribution >= 0.6 is 15.9 Å². The van der Waals surface area contributed by atoms with E-state index < -0.39 is 0 Å². The van der Waals surface area contributed by atoms with E-state index in [2.05, 4.69) is 26.2 Å². The molecule has 0 spiro atoms. The number of hydrogen-bond donors (Lipinski definition) is 1. The Bertz CT molecular complexity index is 787. The minimum Gasteiger partial charge on any atom is -0.325 e. The van der Waals surface area contributed by atoms with Gasteiger partial charge in [-0.3, -0.25) is 9.78 Å². The van der Waals surface area contributed by atoms with Gasteiger partial charge in [-0.25, -0.2) is 0 Å². The summed E-state index contributed by atoms with van der Waals surface area (Å²) >= 11 is 3.53. The van der Waals surface area contributed by atoms with Crippen molar-refractivity contribution in [3.05, 3.63) is 71.0 Å². The number of benzene rings is 2. The molecule has 0 bridgehead atoms. The van der Waals surface area contributed by atoms with Crippen LogP contribution in [0.3, 0.4) is 0 Å². The lowest BCUT2D eigenvalue weighted by Crippen LogP contribution is -2.15. The minimum atomic E-state index is -0.0684. The van der Waals surface area contributed by atoms with Crippen LogP contribution in [0.15, 0.2) is 65.3 Å². The van der Waals surface area contributed by atoms with Gasteiger partial charge < -0.3 is 5.32 Å². The number of carbonyl (C=O) groups excluding carboxylic acids is 1. The summed E-state index contributed by atoms with van der Waals surface area (Å²) in [5.74, 6) is -0.0684. The van der Waals surface area contributed by atoms with Gasteiger partial charge in [-0.05, 0) is 29.7 Å². The molecule has 1 N–H and O–H groups in total. The molecule has 0 aliphatic heterocycles. The third-order valence-corrected chi connectivity index (χ3v) is 3.90. The molecule has 3 rings (SSSR count). The zero-order valence-corrected chi connectivity index (χ0v) is 12.8. The number of anilines is 1. The molecular formula is C17H13BrN2O. The summed E-state index contributed by atoms with van der Waals surface area (Å²) in [6.45, 7) is 0. The Morgan fingerprint density at radius 3 is 2.52 bits per heavy atom. The first-order valence-electron chi connectivity index (χ1n) is 6.61. The highest BCUT2D eigenvalue weighted by molar-refractivity contribution is 9.10. The van der Waals surface area contributed by atoms with Crippen LogP contribution in [0.1, 0.15) is 5.69 Å². The Hall–Kier alpha value is -2.20. The van der Waals surface area contributed by atoms with Gasteiger partial charge in [0.1, 0.15) is 0 Å². The van der Waals surface area contributed by atoms with Gasteiger partial charge in [-0.1, -0.05) is 46.3 Å². The molecule has 0 saturated heterocycles. The number of fused-ring (bicyclic) bond motifs is 1. The van der Waals surface area contributed by atoms with E-state index in [0.29, 0.717) is 0 Å². The zero-order valence-electron chi connectivity index (χ0n) is 11.2. The highest BCUT2D eigenvalue weighted by Gasteiger charge is 2.08. The van der Waals surface area contributed by atoms with Gasteiger partial charge in [0.15, 0.2) is 0 Å². The highest BCUT2D eigenvalue weighted by atomic mass is 79.9. The Morgan fingerprint density at radius 1 is 1.00 bits per heavy atom. The third-order valence-electron chi connectivity index (χ3n) is 3.21. The number of nitrogens with zero attached hydrogens (tertiary/aromatic N) is 1. The standard InChI is InChI=1S/C17H13BrN2O/c18-15-8-9-16(14-7-2-1-6-13(14)15)20-17(21)11-12-5-3-4-10-19-12/h1-10H,11H2,(H,20,21). The molecule has 1 aromatic heterocycles. The predicted octanol–water partition coefficient (Wildman–Crippen LogP) is 4.18. The number of carbonyl (C=O) groups is 1. The second-order valence-electron chi connectivity index (χ2n) is 4.69. The monoisotopic (exact) mass is 340 g/mol. The number of rotatable bonds is 3. The fourth-order valence-electron chi connectivity index (χ4n) is 2.23. The second-order valence-corrected chi connectivity index (χ2v) is 5.54. The van der Waals surface area contributed by atoms with Gasteiger partial charge in [0.2, 0.25) is 5.91 Å². The van der Waals surface area contributed by atoms with E-state index in [9.17, 15) is 4.79 Å². The fourth-order valence-corrected chi connectivity index (χ4v) is 2.71. The van der Waals surface area contributed by atoms with E-state index in [-0.39, 0.29) is 12.3 Å². The topological polar surface area (TPSA) is 42.0 Å². The maximum atomic E-state index is 12.1. The van der Waals surface area contributed by atoms with Crippen LogP contribution in [0.4, 0.5) is 5.69 Å². The quantitative estimate of drug-likeness (QED) is 0.777. The summed E-state index contributed by atoms with van der Waals surface area (Å²) in [5, 5.41) is 5.05. The Kier molecular flexibility index (Phi) is 3.97. The smallest absolute Gasteiger partial charge is 0.230 e. The molecule has 0 fully saturated rings. The maximum Gasteiger partial charge on any atom is 0.230 e. The molecule has 3 aromatic rings. The molecule has 4 heteroatoms. The summed E-state index contributed by atoms with van der Waals surface area (Å²) < 4.78 is 1.01. The van der Waals surface area contributed by atoms with Crippen LogP contribution in [0.5, 0.6) is 0 Å². The van der Waals surface area contributed by atoms with E-state index in [1.807, 2.05) is 54.6 Å². The minimum absolute atomic E-state index is 0.0684. The van der Waals surface area contributed by atoms with E-state index in [1.54, 1.807) is 6.20 Å². The molecule has 0 atom stereocenters. The van der Waals surface area contributed by atoms with E-state index >= 15 is 0 Å². The van der Waals surface area contributed by atoms with Gasteiger partial charge in [0, 0.05) is 27.4 Å². The Morgan fingerprint density at radius 2 is 1.76 bits per heavy atom. The van der Waals surface area contributed by atoms with Crippen LogP contribution in [0, 0.1) is 0 Å². The van der Waals surface area contributed by atoms with Gasteiger partial charge in [-0.15, -0.1) is 0 Å². The van der Waals surface area contributed by atoms with Gasteiger partial charge in [0.25, 0.3) is 0 Å². The molecule has 104 valence electrons. The van der Waals surface area contributed by atoms with E-state index in [1.165, 1.54) is 0 Å². The fraction of sp³-hybridized carbons (Fsp3) is 0.0588. The van der Waals surface area contributed by atoms with Crippen LogP contribution in [0.25, 0.3) is 10.8 Å². The number of hydrogen-bond acceptors (Lipinski definition) is 2. The lowest BCUT2D eigenvalue weighted by atomic mass is 10.1. The first kappa shape index (κ1) is 13.8. The third kappa shape index (κ3) is 3.11. The van der Waals surface area contributed by atoms with Crippen molar-refractivity contribution < 1.29 is 4.79 Å². The van der Waals surface area contributed by atoms with Gasteiger partial charge >= 0.3 is 0 Å². The normalized spacial score (nSPS) is 10.5. The van der Waals surface area contributed by atoms with Gasteiger partial charge in [-0.2, -0.15) is 0 Å². The van der Waals surface area contributed by atoms with Crippen LogP contribution in [-0.2, 0) is 11.2 Å². The van der Waals surface area contributed by atoms with Crippen molar-refractivity contribution in [2.45, 2.75) is 6.42 Å². The van der Waals surface area contributed by atoms with Gasteiger partial charge in [0.05, 0.1) is 6.42 Å². The molecule has 0 saturated carbocycles. The van der Waals surface area contributed by atoms with Crippen LogP contribution in [0.2, 0.25) is 0 Å². The molecule has 1 heterocycles. The average Bonchev–Trinajstić information content (AvgIpc) is 2.51. The molecule has 0 aliphatic rings. The lowest BCUT2D eigenvalue weighted by molar-refractivity contribution is -0.115. The molecule has 0 aliphatic carbocycles. The molecule has 21 heavy (non-hydrogen) atoms. The Labute approximate surface area is 131 Å². The molecule has 3 nitrogen and oxygen atoms in total. The van der Waals surface area contributed by atoms with Crippen LogP contribution < -0.4 is 5.32 Å². The summed E-state index contributed by atoms with van der Waals surface area (Å²) in [4.78, 5) is 16.3. The largest absolute Gasteiger partial charge is 0.325 e. The second kappa shape index (κ2) is 6.06. The first-order valence-corrected chi connectivity index (χ1v) is 7.40. The Balaban J connectivity index is 1.85. The average molecular weight is 341 g/mol. The first-order chi connectivity index (χ1) is 10.2. The van der Waals surface area contributed by atoms with Crippen LogP contribution in [-0.4, -0.2) is 10.9 Å². The van der Waals surface area contributed by atoms with Crippen molar-refractivity contribution in [1.29, 1.82) is 0 Å². The highest BCUT2D eigenvalue weighted by Crippen LogP contribution is 2.29. The number of aromatic nitrogens is 1. The summed E-state index contributed by atoms with van der Waals surface area (Å²) in [6.07, 6.45) is 1.96. The molecular weight excluding hydrogens is 328 g/mol. The molecule has 1 amide bonds. The number of halogens is 1. The molecule has 2 aromatic carbocycles. The molecule has 0 radical (unpaired) electrons. The van der Waals surface area contributed by atoms with E-state index in [4.69, 9.17) is 0 Å². The van der Waals surface area contributed by atoms with Crippen molar-refractivity contribution in [3.63, 3.8) is 0 Å². The van der Waals surface area contributed by atoms with Crippen molar-refractivity contribution in [2.24, 2.45) is 0 Å². The number of nitrogens with one attached hydrogen (secondary N) is 1. The lowest BCUT2D eigenvalue weighted by Gasteiger charge is -2.10. The maximum absolute atomic E-state index is 12.1. The van der Waals surface area contributed by atoms with Crippen molar-refractivity contribution >= 4 is 38.3 Å². The number of amides is 1. The van der Waals surface area contributed by atoms with Crippen molar-refractivity contribution in [2.75, 3.05) is 5.32 Å². The van der Waals surface area contributed by atoms with E-state index in [0.717, 1.165) is 26.6 Å². The van der Waals surface area contributed by atoms with Crippen molar-refractivity contribution in [1.82, 2.24) is 4.98 Å². The predicted molar refractivity (Wildman–Crippen MR) is 88.2 cm³/mol. The SMILES string of the molecule is O=C(Cc1ccccn1)Nc1ccc(Br)c2ccccc12. The van der Waals surface area contributed by atoms with Crippen molar-refractivity contribution in [3.8, 4) is 0 Å². The molecule has 0 unspecified atom stereocenters. The summed E-state index contributed by atoms with van der Waals surface area (Å²) in [7, 11) is 0. The summed E-state index contributed by atoms with van der Waals surface area (Å²) in [5.41, 5.74) is 1.58. The zero-order chi connectivity index (χ0) is 14.7.